The highest BCUT2D eigenvalue weighted by molar-refractivity contribution is 5.14. The van der Waals surface area contributed by atoms with E-state index in [2.05, 4.69) is 70.7 Å². The van der Waals surface area contributed by atoms with Crippen molar-refractivity contribution in [3.05, 3.63) is 24.4 Å². The molecule has 0 aliphatic heterocycles. The Hall–Kier alpha value is -0.800. The minimum atomic E-state index is 0.0720. The molecule has 0 spiro atoms. The van der Waals surface area contributed by atoms with Crippen LogP contribution in [0.15, 0.2) is 24.4 Å². The Balaban J connectivity index is 4.73. The van der Waals surface area contributed by atoms with E-state index in [0.717, 1.165) is 11.3 Å². The Labute approximate surface area is 119 Å². The van der Waals surface area contributed by atoms with Gasteiger partial charge >= 0.3 is 0 Å². The lowest BCUT2D eigenvalue weighted by atomic mass is 9.98. The van der Waals surface area contributed by atoms with Crippen LogP contribution in [0, 0.1) is 11.8 Å². The molecule has 3 heteroatoms. The van der Waals surface area contributed by atoms with E-state index in [1.54, 1.807) is 0 Å². The predicted octanol–water partition coefficient (Wildman–Crippen LogP) is 2.87. The van der Waals surface area contributed by atoms with Crippen LogP contribution in [-0.2, 0) is 0 Å². The molecule has 0 aromatic heterocycles. The second-order valence-corrected chi connectivity index (χ2v) is 6.16. The Morgan fingerprint density at radius 3 is 1.79 bits per heavy atom. The van der Waals surface area contributed by atoms with Gasteiger partial charge in [-0.1, -0.05) is 54.7 Å². The van der Waals surface area contributed by atoms with Crippen molar-refractivity contribution < 1.29 is 0 Å². The number of nitrogens with one attached hydrogen (secondary N) is 3. The molecule has 3 nitrogen and oxygen atoms in total. The smallest absolute Gasteiger partial charge is 0.0986 e. The van der Waals surface area contributed by atoms with E-state index in [1.165, 1.54) is 0 Å². The first-order chi connectivity index (χ1) is 8.70. The van der Waals surface area contributed by atoms with Crippen LogP contribution in [0.2, 0.25) is 0 Å². The summed E-state index contributed by atoms with van der Waals surface area (Å²) in [6.45, 7) is 21.4. The van der Waals surface area contributed by atoms with Gasteiger partial charge in [0.1, 0.15) is 0 Å². The van der Waals surface area contributed by atoms with Gasteiger partial charge in [0.2, 0.25) is 0 Å². The lowest BCUT2D eigenvalue weighted by Gasteiger charge is -2.32. The van der Waals surface area contributed by atoms with Crippen molar-refractivity contribution in [2.24, 2.45) is 11.8 Å². The van der Waals surface area contributed by atoms with Gasteiger partial charge in [-0.25, -0.2) is 0 Å². The van der Waals surface area contributed by atoms with E-state index in [4.69, 9.17) is 0 Å². The highest BCUT2D eigenvalue weighted by Crippen LogP contribution is 2.14. The molecule has 112 valence electrons. The molecule has 0 aliphatic carbocycles. The van der Waals surface area contributed by atoms with Crippen LogP contribution in [-0.4, -0.2) is 25.3 Å². The summed E-state index contributed by atoms with van der Waals surface area (Å²) in [5.41, 5.74) is 2.17. The molecule has 2 atom stereocenters. The maximum Gasteiger partial charge on any atom is 0.0986 e. The molecule has 0 saturated heterocycles. The zero-order valence-electron chi connectivity index (χ0n) is 13.8. The van der Waals surface area contributed by atoms with Crippen LogP contribution in [0.3, 0.4) is 0 Å². The highest BCUT2D eigenvalue weighted by Gasteiger charge is 2.21. The Morgan fingerprint density at radius 1 is 0.947 bits per heavy atom. The van der Waals surface area contributed by atoms with Crippen LogP contribution in [0.1, 0.15) is 41.5 Å². The summed E-state index contributed by atoms with van der Waals surface area (Å²) in [6, 6.07) is 0.697. The molecule has 0 aromatic rings. The fourth-order valence-electron chi connectivity index (χ4n) is 2.01. The second-order valence-electron chi connectivity index (χ2n) is 6.16. The second kappa shape index (κ2) is 8.39. The van der Waals surface area contributed by atoms with Crippen LogP contribution >= 0.6 is 0 Å². The predicted molar refractivity (Wildman–Crippen MR) is 86.0 cm³/mol. The lowest BCUT2D eigenvalue weighted by molar-refractivity contribution is 0.380. The van der Waals surface area contributed by atoms with Crippen molar-refractivity contribution in [3.63, 3.8) is 0 Å². The minimum Gasteiger partial charge on any atom is -0.369 e. The maximum atomic E-state index is 4.20. The summed E-state index contributed by atoms with van der Waals surface area (Å²) in [5.74, 6) is 0.931. The summed E-state index contributed by atoms with van der Waals surface area (Å²) in [6.07, 6.45) is 0.0720. The zero-order chi connectivity index (χ0) is 15.2. The zero-order valence-corrected chi connectivity index (χ0v) is 13.8. The molecule has 0 aliphatic rings. The Kier molecular flexibility index (Phi) is 8.03. The summed E-state index contributed by atoms with van der Waals surface area (Å²) >= 11 is 0. The Morgan fingerprint density at radius 2 is 1.47 bits per heavy atom. The first kappa shape index (κ1) is 18.2. The summed E-state index contributed by atoms with van der Waals surface area (Å²) < 4.78 is 0. The van der Waals surface area contributed by atoms with Crippen LogP contribution in [0.25, 0.3) is 0 Å². The average Bonchev–Trinajstić information content (AvgIpc) is 2.31. The largest absolute Gasteiger partial charge is 0.369 e. The van der Waals surface area contributed by atoms with Crippen molar-refractivity contribution >= 4 is 0 Å². The molecule has 0 saturated carbocycles. The van der Waals surface area contributed by atoms with Crippen molar-refractivity contribution in [2.75, 3.05) is 7.05 Å². The van der Waals surface area contributed by atoms with E-state index >= 15 is 0 Å². The van der Waals surface area contributed by atoms with Crippen molar-refractivity contribution in [1.29, 1.82) is 0 Å². The third-order valence-electron chi connectivity index (χ3n) is 3.29. The molecular weight excluding hydrogens is 234 g/mol. The fraction of sp³-hybridized carbons (Fsp3) is 0.750. The first-order valence-electron chi connectivity index (χ1n) is 7.28. The van der Waals surface area contributed by atoms with Gasteiger partial charge in [0.05, 0.1) is 6.17 Å². The summed E-state index contributed by atoms with van der Waals surface area (Å²) in [4.78, 5) is 0. The molecule has 19 heavy (non-hydrogen) atoms. The van der Waals surface area contributed by atoms with Gasteiger partial charge in [0.25, 0.3) is 0 Å². The third kappa shape index (κ3) is 6.26. The average molecular weight is 267 g/mol. The van der Waals surface area contributed by atoms with Gasteiger partial charge in [-0.05, 0) is 24.5 Å². The van der Waals surface area contributed by atoms with Crippen molar-refractivity contribution in [2.45, 2.75) is 59.8 Å². The van der Waals surface area contributed by atoms with Gasteiger partial charge in [-0.2, -0.15) is 0 Å². The molecule has 0 heterocycles. The molecule has 0 bridgehead atoms. The highest BCUT2D eigenvalue weighted by atomic mass is 15.1. The van der Waals surface area contributed by atoms with E-state index in [9.17, 15) is 0 Å². The maximum absolute atomic E-state index is 4.20. The third-order valence-corrected chi connectivity index (χ3v) is 3.29. The van der Waals surface area contributed by atoms with E-state index in [-0.39, 0.29) is 12.2 Å². The molecular formula is C16H33N3. The van der Waals surface area contributed by atoms with Gasteiger partial charge in [-0.3, -0.25) is 5.32 Å². The first-order valence-corrected chi connectivity index (χ1v) is 7.28. The number of rotatable bonds is 9. The molecule has 0 radical (unpaired) electrons. The van der Waals surface area contributed by atoms with Gasteiger partial charge in [0, 0.05) is 17.8 Å². The molecule has 3 N–H and O–H groups in total. The topological polar surface area (TPSA) is 36.1 Å². The minimum absolute atomic E-state index is 0.0720. The van der Waals surface area contributed by atoms with Crippen molar-refractivity contribution in [3.8, 4) is 0 Å². The van der Waals surface area contributed by atoms with Crippen LogP contribution in [0.5, 0.6) is 0 Å². The molecule has 2 unspecified atom stereocenters. The standard InChI is InChI=1S/C16H33N3/c1-10(2)13(7)16(17-9)19-14(8)15(11(3)4)18-12(5)6/h10-12,15-19H,7-8H2,1-6,9H3. The molecule has 0 rings (SSSR count). The molecule has 0 aromatic carbocycles. The molecule has 0 amide bonds. The van der Waals surface area contributed by atoms with Crippen LogP contribution < -0.4 is 16.0 Å². The number of likely N-dealkylation sites (N-methyl/N-ethyl adjacent to an activating group) is 1. The summed E-state index contributed by atoms with van der Waals surface area (Å²) in [5, 5.41) is 10.3. The van der Waals surface area contributed by atoms with E-state index < -0.39 is 0 Å². The number of hydrogen-bond acceptors (Lipinski definition) is 3. The van der Waals surface area contributed by atoms with E-state index in [0.29, 0.717) is 17.9 Å². The SMILES string of the molecule is C=C(C(C)C)C(NC)NC(=C)C(NC(C)C)C(C)C. The monoisotopic (exact) mass is 267 g/mol. The Bertz CT molecular complexity index is 292. The van der Waals surface area contributed by atoms with Gasteiger partial charge in [-0.15, -0.1) is 0 Å². The van der Waals surface area contributed by atoms with Crippen molar-refractivity contribution in [1.82, 2.24) is 16.0 Å². The lowest BCUT2D eigenvalue weighted by Crippen LogP contribution is -2.49. The number of hydrogen-bond donors (Lipinski definition) is 3. The summed E-state index contributed by atoms with van der Waals surface area (Å²) in [7, 11) is 1.94. The normalized spacial score (nSPS) is 14.8. The van der Waals surface area contributed by atoms with Crippen LogP contribution in [0.4, 0.5) is 0 Å². The molecule has 0 fully saturated rings. The van der Waals surface area contributed by atoms with E-state index in [1.807, 2.05) is 7.05 Å². The van der Waals surface area contributed by atoms with Gasteiger partial charge in [0.15, 0.2) is 0 Å². The van der Waals surface area contributed by atoms with Gasteiger partial charge < -0.3 is 10.6 Å². The quantitative estimate of drug-likeness (QED) is 0.444. The fourth-order valence-corrected chi connectivity index (χ4v) is 2.01.